The van der Waals surface area contributed by atoms with E-state index < -0.39 is 11.6 Å². The van der Waals surface area contributed by atoms with Crippen molar-refractivity contribution in [2.75, 3.05) is 6.54 Å². The predicted molar refractivity (Wildman–Crippen MR) is 111 cm³/mol. The molecule has 1 amide bonds. The summed E-state index contributed by atoms with van der Waals surface area (Å²) in [4.78, 5) is 12.9. The summed E-state index contributed by atoms with van der Waals surface area (Å²) >= 11 is 0. The van der Waals surface area contributed by atoms with Gasteiger partial charge in [0.05, 0.1) is 11.4 Å². The lowest BCUT2D eigenvalue weighted by atomic mass is 10.1. The number of rotatable bonds is 6. The number of nitrogens with zero attached hydrogens (tertiary/aromatic N) is 2. The van der Waals surface area contributed by atoms with E-state index in [0.29, 0.717) is 24.3 Å². The maximum Gasteiger partial charge on any atom is 0.270 e. The third-order valence-electron chi connectivity index (χ3n) is 4.71. The normalized spacial score (nSPS) is 10.7. The number of nitrogens with one attached hydrogen (secondary N) is 1. The minimum Gasteiger partial charge on any atom is -0.350 e. The summed E-state index contributed by atoms with van der Waals surface area (Å²) in [6.07, 6.45) is 0.678. The molecule has 1 heterocycles. The molecule has 4 nitrogen and oxygen atoms in total. The van der Waals surface area contributed by atoms with E-state index in [4.69, 9.17) is 0 Å². The quantitative estimate of drug-likeness (QED) is 0.503. The topological polar surface area (TPSA) is 46.9 Å². The van der Waals surface area contributed by atoms with Gasteiger partial charge < -0.3 is 5.32 Å². The van der Waals surface area contributed by atoms with Gasteiger partial charge in [-0.3, -0.25) is 4.79 Å². The molecule has 1 N–H and O–H groups in total. The van der Waals surface area contributed by atoms with E-state index >= 15 is 0 Å². The zero-order chi connectivity index (χ0) is 20.9. The fraction of sp³-hybridized carbons (Fsp3) is 0.0833. The first kappa shape index (κ1) is 19.5. The van der Waals surface area contributed by atoms with Gasteiger partial charge in [0.15, 0.2) is 0 Å². The van der Waals surface area contributed by atoms with Crippen molar-refractivity contribution in [2.45, 2.75) is 6.42 Å². The molecule has 1 aromatic heterocycles. The number of carbonyl (C=O) groups is 1. The van der Waals surface area contributed by atoms with Crippen molar-refractivity contribution in [1.82, 2.24) is 15.1 Å². The van der Waals surface area contributed by atoms with Crippen LogP contribution in [0.25, 0.3) is 16.9 Å². The third kappa shape index (κ3) is 4.27. The molecule has 4 aromatic rings. The highest BCUT2D eigenvalue weighted by molar-refractivity contribution is 5.94. The van der Waals surface area contributed by atoms with Crippen molar-refractivity contribution in [3.05, 3.63) is 108 Å². The molecule has 0 fully saturated rings. The highest BCUT2D eigenvalue weighted by atomic mass is 19.1. The number of hydrogen-bond acceptors (Lipinski definition) is 2. The maximum atomic E-state index is 14.3. The van der Waals surface area contributed by atoms with Crippen molar-refractivity contribution >= 4 is 5.91 Å². The van der Waals surface area contributed by atoms with E-state index in [1.807, 2.05) is 30.3 Å². The van der Waals surface area contributed by atoms with Gasteiger partial charge in [-0.05, 0) is 54.4 Å². The van der Waals surface area contributed by atoms with Crippen LogP contribution in [0.2, 0.25) is 0 Å². The van der Waals surface area contributed by atoms with E-state index in [9.17, 15) is 13.6 Å². The molecule has 0 radical (unpaired) electrons. The van der Waals surface area contributed by atoms with Gasteiger partial charge in [0.2, 0.25) is 0 Å². The van der Waals surface area contributed by atoms with Gasteiger partial charge in [-0.1, -0.05) is 42.5 Å². The van der Waals surface area contributed by atoms with Gasteiger partial charge in [0, 0.05) is 12.1 Å². The molecule has 0 saturated heterocycles. The Hall–Kier alpha value is -3.80. The molecule has 3 aromatic carbocycles. The molecule has 150 valence electrons. The van der Waals surface area contributed by atoms with E-state index in [-0.39, 0.29) is 17.2 Å². The first-order valence-electron chi connectivity index (χ1n) is 9.55. The standard InChI is InChI=1S/C24H19F2N3O/c25-18-10-12-19(13-11-18)29-23(16-22(28-29)20-8-4-5-9-21(20)26)24(30)27-15-14-17-6-2-1-3-7-17/h1-13,16H,14-15H2,(H,27,30). The Morgan fingerprint density at radius 3 is 2.33 bits per heavy atom. The molecule has 0 aliphatic rings. The Morgan fingerprint density at radius 1 is 0.900 bits per heavy atom. The second-order valence-corrected chi connectivity index (χ2v) is 6.77. The van der Waals surface area contributed by atoms with E-state index in [1.54, 1.807) is 24.3 Å². The molecule has 0 atom stereocenters. The smallest absolute Gasteiger partial charge is 0.270 e. The molecular weight excluding hydrogens is 384 g/mol. The molecule has 0 saturated carbocycles. The maximum absolute atomic E-state index is 14.3. The van der Waals surface area contributed by atoms with Gasteiger partial charge in [-0.2, -0.15) is 5.10 Å². The van der Waals surface area contributed by atoms with Crippen LogP contribution in [0, 0.1) is 11.6 Å². The summed E-state index contributed by atoms with van der Waals surface area (Å²) in [7, 11) is 0. The van der Waals surface area contributed by atoms with Crippen LogP contribution in [0.5, 0.6) is 0 Å². The lowest BCUT2D eigenvalue weighted by molar-refractivity contribution is 0.0946. The Labute approximate surface area is 172 Å². The third-order valence-corrected chi connectivity index (χ3v) is 4.71. The summed E-state index contributed by atoms with van der Waals surface area (Å²) in [5.41, 5.74) is 2.47. The van der Waals surface area contributed by atoms with Gasteiger partial charge >= 0.3 is 0 Å². The zero-order valence-corrected chi connectivity index (χ0v) is 16.1. The largest absolute Gasteiger partial charge is 0.350 e. The summed E-state index contributed by atoms with van der Waals surface area (Å²) in [5, 5.41) is 7.30. The molecule has 0 aliphatic carbocycles. The van der Waals surface area contributed by atoms with Crippen LogP contribution in [0.15, 0.2) is 84.9 Å². The van der Waals surface area contributed by atoms with E-state index in [1.165, 1.54) is 35.0 Å². The number of benzene rings is 3. The predicted octanol–water partition coefficient (Wildman–Crippen LogP) is 4.79. The Bertz CT molecular complexity index is 1150. The van der Waals surface area contributed by atoms with Crippen LogP contribution in [0.3, 0.4) is 0 Å². The number of carbonyl (C=O) groups excluding carboxylic acids is 1. The summed E-state index contributed by atoms with van der Waals surface area (Å²) in [5.74, 6) is -1.17. The van der Waals surface area contributed by atoms with Gasteiger partial charge in [-0.15, -0.1) is 0 Å². The van der Waals surface area contributed by atoms with Crippen LogP contribution >= 0.6 is 0 Å². The van der Waals surface area contributed by atoms with Gasteiger partial charge in [0.25, 0.3) is 5.91 Å². The molecule has 0 spiro atoms. The number of halogens is 2. The molecule has 30 heavy (non-hydrogen) atoms. The van der Waals surface area contributed by atoms with E-state index in [0.717, 1.165) is 5.56 Å². The van der Waals surface area contributed by atoms with Crippen LogP contribution in [0.1, 0.15) is 16.1 Å². The minimum atomic E-state index is -0.433. The Balaban J connectivity index is 1.63. The van der Waals surface area contributed by atoms with Crippen molar-refractivity contribution in [3.63, 3.8) is 0 Å². The van der Waals surface area contributed by atoms with Crippen molar-refractivity contribution < 1.29 is 13.6 Å². The fourth-order valence-corrected chi connectivity index (χ4v) is 3.18. The number of aromatic nitrogens is 2. The zero-order valence-electron chi connectivity index (χ0n) is 16.1. The van der Waals surface area contributed by atoms with Gasteiger partial charge in [0.1, 0.15) is 17.3 Å². The lowest BCUT2D eigenvalue weighted by Gasteiger charge is -2.08. The molecule has 0 bridgehead atoms. The highest BCUT2D eigenvalue weighted by Gasteiger charge is 2.19. The highest BCUT2D eigenvalue weighted by Crippen LogP contribution is 2.24. The lowest BCUT2D eigenvalue weighted by Crippen LogP contribution is -2.27. The summed E-state index contributed by atoms with van der Waals surface area (Å²) in [6.45, 7) is 0.437. The molecule has 0 unspecified atom stereocenters. The Kier molecular flexibility index (Phi) is 5.66. The second-order valence-electron chi connectivity index (χ2n) is 6.77. The monoisotopic (exact) mass is 403 g/mol. The average Bonchev–Trinajstić information content (AvgIpc) is 3.20. The van der Waals surface area contributed by atoms with E-state index in [2.05, 4.69) is 10.4 Å². The SMILES string of the molecule is O=C(NCCc1ccccc1)c1cc(-c2ccccc2F)nn1-c1ccc(F)cc1. The van der Waals surface area contributed by atoms with Crippen LogP contribution in [-0.4, -0.2) is 22.2 Å². The average molecular weight is 403 g/mol. The second kappa shape index (κ2) is 8.69. The molecular formula is C24H19F2N3O. The fourth-order valence-electron chi connectivity index (χ4n) is 3.18. The molecule has 4 rings (SSSR count). The van der Waals surface area contributed by atoms with Crippen LogP contribution in [-0.2, 0) is 6.42 Å². The van der Waals surface area contributed by atoms with Crippen LogP contribution in [0.4, 0.5) is 8.78 Å². The number of amides is 1. The van der Waals surface area contributed by atoms with Crippen molar-refractivity contribution in [1.29, 1.82) is 0 Å². The first-order valence-corrected chi connectivity index (χ1v) is 9.55. The summed E-state index contributed by atoms with van der Waals surface area (Å²) in [6, 6.07) is 23.2. The summed E-state index contributed by atoms with van der Waals surface area (Å²) < 4.78 is 29.0. The Morgan fingerprint density at radius 2 is 1.60 bits per heavy atom. The van der Waals surface area contributed by atoms with Crippen LogP contribution < -0.4 is 5.32 Å². The van der Waals surface area contributed by atoms with Crippen molar-refractivity contribution in [3.8, 4) is 16.9 Å². The molecule has 0 aliphatic heterocycles. The molecule has 6 heteroatoms. The van der Waals surface area contributed by atoms with Crippen molar-refractivity contribution in [2.24, 2.45) is 0 Å². The number of hydrogen-bond donors (Lipinski definition) is 1. The minimum absolute atomic E-state index is 0.243. The first-order chi connectivity index (χ1) is 14.6. The van der Waals surface area contributed by atoms with Gasteiger partial charge in [-0.25, -0.2) is 13.5 Å².